The van der Waals surface area contributed by atoms with E-state index in [1.165, 1.54) is 0 Å². The van der Waals surface area contributed by atoms with E-state index < -0.39 is 7.82 Å². The summed E-state index contributed by atoms with van der Waals surface area (Å²) in [6.45, 7) is 0. The van der Waals surface area contributed by atoms with E-state index in [0.29, 0.717) is 0 Å². The van der Waals surface area contributed by atoms with E-state index >= 15 is 0 Å². The molecule has 0 saturated heterocycles. The Labute approximate surface area is 53.2 Å². The molecule has 0 aromatic heterocycles. The van der Waals surface area contributed by atoms with Gasteiger partial charge in [-0.2, -0.15) is 0 Å². The van der Waals surface area contributed by atoms with Gasteiger partial charge in [-0.25, -0.2) is 4.57 Å². The van der Waals surface area contributed by atoms with Crippen LogP contribution in [0.25, 0.3) is 0 Å². The smallest absolute Gasteiger partial charge is 0.303 e. The molecule has 0 aliphatic carbocycles. The van der Waals surface area contributed by atoms with Gasteiger partial charge < -0.3 is 14.7 Å². The van der Waals surface area contributed by atoms with Gasteiger partial charge in [-0.1, -0.05) is 0 Å². The van der Waals surface area contributed by atoms with Crippen LogP contribution in [-0.4, -0.2) is 23.1 Å². The largest absolute Gasteiger partial charge is 0.466 e. The Hall–Kier alpha value is 0.694. The molecule has 4 radical (unpaired) electrons. The summed E-state index contributed by atoms with van der Waals surface area (Å²) in [7, 11) is -4.64. The Morgan fingerprint density at radius 2 is 1.14 bits per heavy atom. The van der Waals surface area contributed by atoms with Crippen molar-refractivity contribution < 1.29 is 36.3 Å². The first-order valence-electron chi connectivity index (χ1n) is 0.783. The van der Waals surface area contributed by atoms with Crippen LogP contribution in [0.5, 0.6) is 0 Å². The van der Waals surface area contributed by atoms with Crippen LogP contribution in [0.1, 0.15) is 0 Å². The third-order valence-corrected chi connectivity index (χ3v) is 0. The molecule has 0 heterocycles. The van der Waals surface area contributed by atoms with Crippen molar-refractivity contribution in [3.63, 3.8) is 0 Å². The van der Waals surface area contributed by atoms with Crippen molar-refractivity contribution in [1.82, 2.24) is 0 Å². The summed E-state index contributed by atoms with van der Waals surface area (Å²) in [6.07, 6.45) is 0. The average Bonchev–Trinajstić information content (AvgIpc) is 0.722. The first-order chi connectivity index (χ1) is 2.00. The zero-order chi connectivity index (χ0) is 4.50. The van der Waals surface area contributed by atoms with Crippen LogP contribution in [0.4, 0.5) is 0 Å². The standard InChI is InChI=1S/B.Cu.H3O4P/c;;1-5(2,3)4/h;;(H3,1,2,3,4). The van der Waals surface area contributed by atoms with Gasteiger partial charge in [0.1, 0.15) is 0 Å². The molecule has 0 bridgehead atoms. The maximum atomic E-state index is 8.88. The molecule has 0 atom stereocenters. The van der Waals surface area contributed by atoms with Gasteiger partial charge in [0.25, 0.3) is 0 Å². The minimum atomic E-state index is -4.64. The molecule has 0 aliphatic rings. The molecular formula is H3BCuO4P. The molecule has 3 N–H and O–H groups in total. The van der Waals surface area contributed by atoms with Crippen molar-refractivity contribution in [3.8, 4) is 0 Å². The molecule has 0 fully saturated rings. The molecule has 0 aliphatic heterocycles. The molecule has 0 rings (SSSR count). The Morgan fingerprint density at radius 3 is 1.14 bits per heavy atom. The summed E-state index contributed by atoms with van der Waals surface area (Å²) in [5.41, 5.74) is 0. The van der Waals surface area contributed by atoms with Crippen LogP contribution < -0.4 is 0 Å². The first kappa shape index (κ1) is 15.6. The van der Waals surface area contributed by atoms with E-state index in [-0.39, 0.29) is 25.5 Å². The fourth-order valence-electron chi connectivity index (χ4n) is 0. The van der Waals surface area contributed by atoms with Crippen molar-refractivity contribution in [3.05, 3.63) is 0 Å². The Balaban J connectivity index is -0.0000000800. The molecule has 0 amide bonds. The van der Waals surface area contributed by atoms with E-state index in [0.717, 1.165) is 0 Å². The van der Waals surface area contributed by atoms with Gasteiger partial charge in [-0.3, -0.25) is 0 Å². The van der Waals surface area contributed by atoms with Crippen molar-refractivity contribution in [1.29, 1.82) is 0 Å². The quantitative estimate of drug-likeness (QED) is 0.313. The van der Waals surface area contributed by atoms with Gasteiger partial charge in [0.05, 0.1) is 0 Å². The van der Waals surface area contributed by atoms with Gasteiger partial charge in [0.2, 0.25) is 0 Å². The second kappa shape index (κ2) is 4.84. The topological polar surface area (TPSA) is 77.8 Å². The van der Waals surface area contributed by atoms with Crippen LogP contribution >= 0.6 is 7.82 Å². The summed E-state index contributed by atoms with van der Waals surface area (Å²) >= 11 is 0. The fraction of sp³-hybridized carbons (Fsp3) is 0. The molecule has 4 nitrogen and oxygen atoms in total. The SMILES string of the molecule is O=P(O)(O)O.[B].[Cu]. The molecule has 46 valence electrons. The monoisotopic (exact) mass is 172 g/mol. The number of hydrogen-bond donors (Lipinski definition) is 3. The summed E-state index contributed by atoms with van der Waals surface area (Å²) in [6, 6.07) is 0. The van der Waals surface area contributed by atoms with E-state index in [1.807, 2.05) is 0 Å². The van der Waals surface area contributed by atoms with Gasteiger partial charge >= 0.3 is 7.82 Å². The van der Waals surface area contributed by atoms with Crippen molar-refractivity contribution in [2.75, 3.05) is 0 Å². The molecular weight excluding hydrogens is 169 g/mol. The molecule has 7 heavy (non-hydrogen) atoms. The van der Waals surface area contributed by atoms with E-state index in [1.54, 1.807) is 0 Å². The molecule has 0 aromatic carbocycles. The number of hydrogen-bond acceptors (Lipinski definition) is 1. The summed E-state index contributed by atoms with van der Waals surface area (Å²) in [5.74, 6) is 0. The zero-order valence-electron chi connectivity index (χ0n) is 3.08. The summed E-state index contributed by atoms with van der Waals surface area (Å²) < 4.78 is 8.88. The van der Waals surface area contributed by atoms with Crippen LogP contribution in [0.3, 0.4) is 0 Å². The van der Waals surface area contributed by atoms with Crippen LogP contribution in [0, 0.1) is 0 Å². The van der Waals surface area contributed by atoms with E-state index in [9.17, 15) is 0 Å². The van der Waals surface area contributed by atoms with E-state index in [2.05, 4.69) is 0 Å². The summed E-state index contributed by atoms with van der Waals surface area (Å²) in [4.78, 5) is 21.6. The summed E-state index contributed by atoms with van der Waals surface area (Å²) in [5, 5.41) is 0. The Morgan fingerprint density at radius 1 is 1.14 bits per heavy atom. The maximum absolute atomic E-state index is 8.88. The zero-order valence-corrected chi connectivity index (χ0v) is 4.91. The Kier molecular flexibility index (Phi) is 10.8. The fourth-order valence-corrected chi connectivity index (χ4v) is 0. The predicted molar refractivity (Wildman–Crippen MR) is 20.0 cm³/mol. The third-order valence-electron chi connectivity index (χ3n) is 0. The van der Waals surface area contributed by atoms with Crippen molar-refractivity contribution >= 4 is 16.2 Å². The number of rotatable bonds is 0. The van der Waals surface area contributed by atoms with E-state index in [4.69, 9.17) is 19.2 Å². The predicted octanol–water partition coefficient (Wildman–Crippen LogP) is -1.31. The normalized spacial score (nSPS) is 8.43. The van der Waals surface area contributed by atoms with Gasteiger partial charge in [0.15, 0.2) is 0 Å². The van der Waals surface area contributed by atoms with Gasteiger partial charge in [-0.05, 0) is 0 Å². The first-order valence-corrected chi connectivity index (χ1v) is 2.35. The van der Waals surface area contributed by atoms with Gasteiger partial charge in [-0.15, -0.1) is 0 Å². The van der Waals surface area contributed by atoms with Crippen LogP contribution in [0.2, 0.25) is 0 Å². The molecule has 0 aromatic rings. The second-order valence-electron chi connectivity index (χ2n) is 0.513. The molecule has 7 heteroatoms. The van der Waals surface area contributed by atoms with Gasteiger partial charge in [0, 0.05) is 25.5 Å². The molecule has 0 spiro atoms. The second-order valence-corrected chi connectivity index (χ2v) is 1.54. The van der Waals surface area contributed by atoms with Crippen LogP contribution in [0.15, 0.2) is 0 Å². The Bertz CT molecular complexity index is 57.8. The van der Waals surface area contributed by atoms with Crippen LogP contribution in [-0.2, 0) is 21.6 Å². The minimum Gasteiger partial charge on any atom is -0.303 e. The van der Waals surface area contributed by atoms with Crippen molar-refractivity contribution in [2.45, 2.75) is 0 Å². The molecule has 0 saturated carbocycles. The number of phosphoric acid groups is 1. The minimum absolute atomic E-state index is 0. The van der Waals surface area contributed by atoms with Crippen molar-refractivity contribution in [2.24, 2.45) is 0 Å². The average molecular weight is 172 g/mol. The maximum Gasteiger partial charge on any atom is 0.466 e. The molecule has 0 unspecified atom stereocenters. The third kappa shape index (κ3) is 306.